The predicted octanol–water partition coefficient (Wildman–Crippen LogP) is 7.84. The molecule has 39 heavy (non-hydrogen) atoms. The molecule has 0 aliphatic rings. The smallest absolute Gasteiger partial charge is 0.307 e. The Bertz CT molecular complexity index is 1880. The van der Waals surface area contributed by atoms with E-state index in [-0.39, 0.29) is 6.42 Å². The number of rotatable bonds is 6. The molecule has 0 saturated heterocycles. The summed E-state index contributed by atoms with van der Waals surface area (Å²) in [6.45, 7) is 1.94. The highest BCUT2D eigenvalue weighted by Gasteiger charge is 2.20. The molecule has 3 aromatic carbocycles. The second-order valence-electron chi connectivity index (χ2n) is 9.18. The fourth-order valence-electron chi connectivity index (χ4n) is 4.76. The normalized spacial score (nSPS) is 11.3. The summed E-state index contributed by atoms with van der Waals surface area (Å²) in [5, 5.41) is 12.1. The lowest BCUT2D eigenvalue weighted by Crippen LogP contribution is -2.04. The molecule has 1 N–H and O–H groups in total. The van der Waals surface area contributed by atoms with Gasteiger partial charge in [0.05, 0.1) is 35.0 Å². The van der Waals surface area contributed by atoms with E-state index in [2.05, 4.69) is 16.0 Å². The van der Waals surface area contributed by atoms with Crippen molar-refractivity contribution in [2.45, 2.75) is 13.3 Å². The fraction of sp³-hybridized carbons (Fsp3) is 0.0968. The Hall–Kier alpha value is -4.33. The van der Waals surface area contributed by atoms with Crippen LogP contribution in [0.2, 0.25) is 5.02 Å². The van der Waals surface area contributed by atoms with E-state index in [1.54, 1.807) is 24.6 Å². The number of aryl methyl sites for hydroxylation is 1. The van der Waals surface area contributed by atoms with Crippen LogP contribution in [-0.2, 0) is 11.2 Å². The number of hydrogen-bond donors (Lipinski definition) is 1. The summed E-state index contributed by atoms with van der Waals surface area (Å²) in [7, 11) is 1.60. The van der Waals surface area contributed by atoms with Gasteiger partial charge in [-0.05, 0) is 72.1 Å². The van der Waals surface area contributed by atoms with Gasteiger partial charge in [-0.3, -0.25) is 9.78 Å². The third-order valence-corrected chi connectivity index (χ3v) is 8.04. The molecule has 0 spiro atoms. The van der Waals surface area contributed by atoms with Crippen LogP contribution in [0.4, 0.5) is 0 Å². The highest BCUT2D eigenvalue weighted by atomic mass is 35.5. The van der Waals surface area contributed by atoms with E-state index in [1.165, 1.54) is 0 Å². The molecule has 0 bridgehead atoms. The number of ether oxygens (including phenoxy) is 1. The number of fused-ring (bicyclic) bond motifs is 2. The number of aliphatic carboxylic acids is 1. The average Bonchev–Trinajstić information content (AvgIpc) is 3.37. The van der Waals surface area contributed by atoms with Crippen molar-refractivity contribution >= 4 is 50.0 Å². The second kappa shape index (κ2) is 10.1. The van der Waals surface area contributed by atoms with Crippen molar-refractivity contribution in [3.05, 3.63) is 95.1 Å². The van der Waals surface area contributed by atoms with E-state index in [4.69, 9.17) is 21.3 Å². The summed E-state index contributed by atoms with van der Waals surface area (Å²) >= 11 is 7.70. The van der Waals surface area contributed by atoms with E-state index in [0.29, 0.717) is 10.9 Å². The zero-order valence-electron chi connectivity index (χ0n) is 21.1. The third-order valence-electron chi connectivity index (χ3n) is 6.65. The van der Waals surface area contributed by atoms with E-state index < -0.39 is 5.97 Å². The Morgan fingerprint density at radius 2 is 1.72 bits per heavy atom. The standard InChI is InChI=1S/C31H22ClN3O3S/c1-17-13-26-30(29(23(17)16-28(36)37)18-3-7-22(32)8-4-18)39-31(35-26)21-11-12-33-25(15-21)20-5-9-24-19(14-20)6-10-27(34-24)38-2/h3-15H,16H2,1-2H3,(H,36,37). The maximum atomic E-state index is 11.8. The van der Waals surface area contributed by atoms with Gasteiger partial charge in [-0.25, -0.2) is 9.97 Å². The quantitative estimate of drug-likeness (QED) is 0.227. The van der Waals surface area contributed by atoms with Gasteiger partial charge in [-0.15, -0.1) is 11.3 Å². The van der Waals surface area contributed by atoms with Gasteiger partial charge in [0.2, 0.25) is 5.88 Å². The molecule has 6 nitrogen and oxygen atoms in total. The van der Waals surface area contributed by atoms with Gasteiger partial charge in [0.15, 0.2) is 0 Å². The molecule has 8 heteroatoms. The van der Waals surface area contributed by atoms with Gasteiger partial charge >= 0.3 is 5.97 Å². The Labute approximate surface area is 233 Å². The van der Waals surface area contributed by atoms with Crippen LogP contribution >= 0.6 is 22.9 Å². The van der Waals surface area contributed by atoms with Gasteiger partial charge < -0.3 is 9.84 Å². The summed E-state index contributed by atoms with van der Waals surface area (Å²) in [4.78, 5) is 25.8. The van der Waals surface area contributed by atoms with Gasteiger partial charge in [0.1, 0.15) is 5.01 Å². The van der Waals surface area contributed by atoms with Crippen molar-refractivity contribution in [1.29, 1.82) is 0 Å². The number of hydrogen-bond acceptors (Lipinski definition) is 6. The molecule has 0 fully saturated rings. The van der Waals surface area contributed by atoms with E-state index in [1.807, 2.05) is 73.7 Å². The van der Waals surface area contributed by atoms with Gasteiger partial charge in [0, 0.05) is 39.4 Å². The minimum atomic E-state index is -0.875. The molecule has 3 heterocycles. The molecular weight excluding hydrogens is 530 g/mol. The molecule has 6 rings (SSSR count). The maximum Gasteiger partial charge on any atom is 0.307 e. The number of carbonyl (C=O) groups is 1. The predicted molar refractivity (Wildman–Crippen MR) is 157 cm³/mol. The number of carboxylic acids is 1. The first kappa shape index (κ1) is 25.0. The summed E-state index contributed by atoms with van der Waals surface area (Å²) in [6, 6.07) is 23.3. The van der Waals surface area contributed by atoms with E-state index in [9.17, 15) is 9.90 Å². The highest BCUT2D eigenvalue weighted by molar-refractivity contribution is 7.22. The number of halogens is 1. The minimum Gasteiger partial charge on any atom is -0.481 e. The molecule has 0 radical (unpaired) electrons. The first-order chi connectivity index (χ1) is 18.9. The Balaban J connectivity index is 1.47. The number of methoxy groups -OCH3 is 1. The van der Waals surface area contributed by atoms with Gasteiger partial charge in [0.25, 0.3) is 0 Å². The first-order valence-electron chi connectivity index (χ1n) is 12.2. The zero-order chi connectivity index (χ0) is 27.1. The van der Waals surface area contributed by atoms with Gasteiger partial charge in [-0.1, -0.05) is 29.8 Å². The lowest BCUT2D eigenvalue weighted by Gasteiger charge is -2.13. The molecule has 0 atom stereocenters. The highest BCUT2D eigenvalue weighted by Crippen LogP contribution is 2.41. The van der Waals surface area contributed by atoms with Crippen molar-refractivity contribution in [1.82, 2.24) is 15.0 Å². The fourth-order valence-corrected chi connectivity index (χ4v) is 6.02. The zero-order valence-corrected chi connectivity index (χ0v) is 22.7. The summed E-state index contributed by atoms with van der Waals surface area (Å²) in [5.74, 6) is -0.300. The molecule has 3 aromatic heterocycles. The Morgan fingerprint density at radius 1 is 0.923 bits per heavy atom. The molecule has 0 saturated carbocycles. The van der Waals surface area contributed by atoms with Crippen LogP contribution in [0.1, 0.15) is 11.1 Å². The monoisotopic (exact) mass is 551 g/mol. The van der Waals surface area contributed by atoms with Crippen molar-refractivity contribution in [2.24, 2.45) is 0 Å². The molecule has 192 valence electrons. The minimum absolute atomic E-state index is 0.0743. The van der Waals surface area contributed by atoms with Crippen molar-refractivity contribution in [2.75, 3.05) is 7.11 Å². The van der Waals surface area contributed by atoms with Crippen LogP contribution in [0.5, 0.6) is 5.88 Å². The van der Waals surface area contributed by atoms with Crippen molar-refractivity contribution < 1.29 is 14.6 Å². The topological polar surface area (TPSA) is 85.2 Å². The summed E-state index contributed by atoms with van der Waals surface area (Å²) in [5.41, 5.74) is 7.89. The SMILES string of the molecule is COc1ccc2cc(-c3cc(-c4nc5cc(C)c(CC(=O)O)c(-c6ccc(Cl)cc6)c5s4)ccn3)ccc2n1. The van der Waals surface area contributed by atoms with E-state index >= 15 is 0 Å². The number of aromatic nitrogens is 3. The molecule has 0 unspecified atom stereocenters. The summed E-state index contributed by atoms with van der Waals surface area (Å²) < 4.78 is 6.18. The molecular formula is C31H22ClN3O3S. The van der Waals surface area contributed by atoms with Crippen molar-refractivity contribution in [3.63, 3.8) is 0 Å². The number of pyridine rings is 2. The molecule has 0 aliphatic heterocycles. The third kappa shape index (κ3) is 4.82. The van der Waals surface area contributed by atoms with Crippen LogP contribution in [0.3, 0.4) is 0 Å². The number of carboxylic acid groups (broad SMARTS) is 1. The van der Waals surface area contributed by atoms with Crippen LogP contribution in [0.15, 0.2) is 79.0 Å². The van der Waals surface area contributed by atoms with E-state index in [0.717, 1.165) is 65.2 Å². The lowest BCUT2D eigenvalue weighted by molar-refractivity contribution is -0.136. The van der Waals surface area contributed by atoms with Crippen LogP contribution in [-0.4, -0.2) is 33.1 Å². The summed E-state index contributed by atoms with van der Waals surface area (Å²) in [6.07, 6.45) is 1.71. The lowest BCUT2D eigenvalue weighted by atomic mass is 9.93. The Morgan fingerprint density at radius 3 is 2.49 bits per heavy atom. The van der Waals surface area contributed by atoms with Crippen molar-refractivity contribution in [3.8, 4) is 38.8 Å². The second-order valence-corrected chi connectivity index (χ2v) is 10.6. The van der Waals surface area contributed by atoms with Crippen LogP contribution in [0, 0.1) is 6.92 Å². The van der Waals surface area contributed by atoms with Crippen LogP contribution in [0.25, 0.3) is 54.1 Å². The first-order valence-corrected chi connectivity index (χ1v) is 13.4. The maximum absolute atomic E-state index is 11.8. The largest absolute Gasteiger partial charge is 0.481 e. The number of benzene rings is 3. The average molecular weight is 552 g/mol. The van der Waals surface area contributed by atoms with Gasteiger partial charge in [-0.2, -0.15) is 0 Å². The number of thiazole rings is 1. The van der Waals surface area contributed by atoms with Crippen LogP contribution < -0.4 is 4.74 Å². The molecule has 6 aromatic rings. The Kier molecular flexibility index (Phi) is 6.46. The molecule has 0 aliphatic carbocycles. The number of nitrogens with zero attached hydrogens (tertiary/aromatic N) is 3. The molecule has 0 amide bonds.